The Labute approximate surface area is 134 Å². The molecule has 2 aromatic carbocycles. The quantitative estimate of drug-likeness (QED) is 0.922. The van der Waals surface area contributed by atoms with Gasteiger partial charge in [0.05, 0.1) is 5.56 Å². The van der Waals surface area contributed by atoms with Crippen LogP contribution >= 0.6 is 0 Å². The van der Waals surface area contributed by atoms with Crippen molar-refractivity contribution < 1.29 is 14.6 Å². The summed E-state index contributed by atoms with van der Waals surface area (Å²) in [5.74, 6) is -0.887. The van der Waals surface area contributed by atoms with E-state index >= 15 is 0 Å². The Kier molecular flexibility index (Phi) is 2.62. The zero-order chi connectivity index (χ0) is 15.6. The van der Waals surface area contributed by atoms with Crippen LogP contribution in [0.25, 0.3) is 0 Å². The van der Waals surface area contributed by atoms with Gasteiger partial charge in [0.2, 0.25) is 0 Å². The lowest BCUT2D eigenvalue weighted by molar-refractivity contribution is 0.0696. The van der Waals surface area contributed by atoms with E-state index in [9.17, 15) is 9.90 Å². The largest absolute Gasteiger partial charge is 0.478 e. The number of ether oxygens (including phenoxy) is 1. The normalized spacial score (nSPS) is 23.9. The van der Waals surface area contributed by atoms with E-state index in [1.54, 1.807) is 12.1 Å². The zero-order valence-electron chi connectivity index (χ0n) is 12.7. The van der Waals surface area contributed by atoms with Crippen molar-refractivity contribution in [2.75, 3.05) is 18.0 Å². The van der Waals surface area contributed by atoms with E-state index in [0.29, 0.717) is 5.56 Å². The molecule has 0 spiro atoms. The molecule has 116 valence electrons. The molecule has 1 saturated heterocycles. The minimum atomic E-state index is -0.887. The highest BCUT2D eigenvalue weighted by Crippen LogP contribution is 2.54. The fraction of sp³-hybridized carbons (Fsp3) is 0.316. The number of nitrogens with zero attached hydrogens (tertiary/aromatic N) is 1. The number of benzene rings is 2. The molecule has 2 bridgehead atoms. The molecule has 0 radical (unpaired) electrons. The Balaban J connectivity index is 1.58. The molecule has 1 fully saturated rings. The molecule has 4 heteroatoms. The molecule has 2 aromatic rings. The van der Waals surface area contributed by atoms with Crippen LogP contribution in [0.1, 0.15) is 57.7 Å². The van der Waals surface area contributed by atoms with E-state index < -0.39 is 5.97 Å². The Hall–Kier alpha value is -2.33. The van der Waals surface area contributed by atoms with Gasteiger partial charge in [-0.25, -0.2) is 4.79 Å². The van der Waals surface area contributed by atoms with Crippen LogP contribution in [0.2, 0.25) is 0 Å². The third-order valence-electron chi connectivity index (χ3n) is 5.28. The Bertz CT molecular complexity index is 823. The molecule has 3 aliphatic rings. The maximum absolute atomic E-state index is 11.2. The molecule has 3 aliphatic heterocycles. The average Bonchev–Trinajstić information content (AvgIpc) is 3.29. The first kappa shape index (κ1) is 13.1. The van der Waals surface area contributed by atoms with Crippen molar-refractivity contribution in [2.24, 2.45) is 0 Å². The molecule has 4 nitrogen and oxygen atoms in total. The highest BCUT2D eigenvalue weighted by Gasteiger charge is 2.43. The number of aromatic carboxylic acids is 1. The van der Waals surface area contributed by atoms with Crippen LogP contribution < -0.4 is 4.90 Å². The molecule has 0 amide bonds. The second-order valence-corrected chi connectivity index (χ2v) is 6.55. The predicted molar refractivity (Wildman–Crippen MR) is 86.1 cm³/mol. The van der Waals surface area contributed by atoms with Gasteiger partial charge in [-0.2, -0.15) is 0 Å². The lowest BCUT2D eigenvalue weighted by atomic mass is 9.85. The van der Waals surface area contributed by atoms with Crippen molar-refractivity contribution in [1.29, 1.82) is 0 Å². The molecule has 0 aliphatic carbocycles. The number of hydrogen-bond donors (Lipinski definition) is 1. The standard InChI is InChI=1S/C19H17NO3/c21-19(22)11-3-5-13-15(9-11)18-16-10-12(20-7-1-2-8-20)4-6-14(16)17(13)23-18/h3-6,9-10,17-18H,1-2,7-8H2,(H,21,22)/t17-,18+/m1/s1. The minimum absolute atomic E-state index is 0.0412. The van der Waals surface area contributed by atoms with Crippen LogP contribution in [0.5, 0.6) is 0 Å². The second kappa shape index (κ2) is 4.59. The van der Waals surface area contributed by atoms with Gasteiger partial charge in [-0.15, -0.1) is 0 Å². The molecule has 3 heterocycles. The summed E-state index contributed by atoms with van der Waals surface area (Å²) in [5.41, 5.74) is 6.15. The van der Waals surface area contributed by atoms with Crippen LogP contribution in [0.15, 0.2) is 36.4 Å². The number of anilines is 1. The third kappa shape index (κ3) is 1.78. The first-order valence-electron chi connectivity index (χ1n) is 8.14. The van der Waals surface area contributed by atoms with Crippen LogP contribution in [-0.4, -0.2) is 24.2 Å². The number of carbonyl (C=O) groups is 1. The average molecular weight is 307 g/mol. The van der Waals surface area contributed by atoms with Crippen molar-refractivity contribution in [3.05, 3.63) is 64.2 Å². The van der Waals surface area contributed by atoms with Crippen molar-refractivity contribution >= 4 is 11.7 Å². The van der Waals surface area contributed by atoms with Crippen molar-refractivity contribution in [2.45, 2.75) is 25.0 Å². The number of rotatable bonds is 2. The van der Waals surface area contributed by atoms with Crippen LogP contribution in [0, 0.1) is 0 Å². The third-order valence-corrected chi connectivity index (χ3v) is 5.28. The van der Waals surface area contributed by atoms with Crippen molar-refractivity contribution in [3.63, 3.8) is 0 Å². The van der Waals surface area contributed by atoms with Crippen LogP contribution in [0.4, 0.5) is 5.69 Å². The number of fused-ring (bicyclic) bond motifs is 8. The summed E-state index contributed by atoms with van der Waals surface area (Å²) in [6, 6.07) is 12.0. The summed E-state index contributed by atoms with van der Waals surface area (Å²) < 4.78 is 6.15. The van der Waals surface area contributed by atoms with E-state index in [2.05, 4.69) is 23.1 Å². The van der Waals surface area contributed by atoms with Gasteiger partial charge < -0.3 is 14.7 Å². The first-order valence-corrected chi connectivity index (χ1v) is 8.14. The van der Waals surface area contributed by atoms with Gasteiger partial charge in [0.1, 0.15) is 12.2 Å². The predicted octanol–water partition coefficient (Wildman–Crippen LogP) is 3.51. The van der Waals surface area contributed by atoms with Gasteiger partial charge >= 0.3 is 5.97 Å². The van der Waals surface area contributed by atoms with E-state index in [4.69, 9.17) is 4.74 Å². The lowest BCUT2D eigenvalue weighted by Crippen LogP contribution is -2.18. The monoisotopic (exact) mass is 307 g/mol. The smallest absolute Gasteiger partial charge is 0.335 e. The minimum Gasteiger partial charge on any atom is -0.478 e. The maximum Gasteiger partial charge on any atom is 0.335 e. The van der Waals surface area contributed by atoms with Gasteiger partial charge in [-0.05, 0) is 59.4 Å². The zero-order valence-corrected chi connectivity index (χ0v) is 12.7. The molecule has 0 saturated carbocycles. The van der Waals surface area contributed by atoms with Gasteiger partial charge in [0.15, 0.2) is 0 Å². The molecule has 23 heavy (non-hydrogen) atoms. The molecule has 0 unspecified atom stereocenters. The van der Waals surface area contributed by atoms with Gasteiger partial charge in [0, 0.05) is 18.8 Å². The Morgan fingerprint density at radius 3 is 2.35 bits per heavy atom. The summed E-state index contributed by atoms with van der Waals surface area (Å²) in [6.45, 7) is 2.24. The number of carboxylic acid groups (broad SMARTS) is 1. The van der Waals surface area contributed by atoms with Crippen LogP contribution in [0.3, 0.4) is 0 Å². The fourth-order valence-corrected chi connectivity index (χ4v) is 4.14. The van der Waals surface area contributed by atoms with Crippen molar-refractivity contribution in [3.8, 4) is 0 Å². The summed E-state index contributed by atoms with van der Waals surface area (Å²) in [6.07, 6.45) is 2.35. The molecular formula is C19H17NO3. The van der Waals surface area contributed by atoms with Gasteiger partial charge in [-0.1, -0.05) is 12.1 Å². The topological polar surface area (TPSA) is 49.8 Å². The SMILES string of the molecule is O=C(O)c1ccc2c(c1)[C@@H]1O[C@H]2c2ccc(N3CCCC3)cc21. The Morgan fingerprint density at radius 1 is 0.957 bits per heavy atom. The lowest BCUT2D eigenvalue weighted by Gasteiger charge is -2.21. The fourth-order valence-electron chi connectivity index (χ4n) is 4.14. The highest BCUT2D eigenvalue weighted by molar-refractivity contribution is 5.88. The summed E-state index contributed by atoms with van der Waals surface area (Å²) in [4.78, 5) is 13.7. The van der Waals surface area contributed by atoms with Gasteiger partial charge in [0.25, 0.3) is 0 Å². The number of hydrogen-bond acceptors (Lipinski definition) is 3. The molecule has 1 N–H and O–H groups in total. The Morgan fingerprint density at radius 2 is 1.61 bits per heavy atom. The van der Waals surface area contributed by atoms with E-state index in [-0.39, 0.29) is 12.2 Å². The van der Waals surface area contributed by atoms with E-state index in [0.717, 1.165) is 24.2 Å². The molecule has 5 rings (SSSR count). The summed E-state index contributed by atoms with van der Waals surface area (Å²) in [7, 11) is 0. The molecule has 2 atom stereocenters. The van der Waals surface area contributed by atoms with Crippen LogP contribution in [-0.2, 0) is 4.74 Å². The summed E-state index contributed by atoms with van der Waals surface area (Å²) >= 11 is 0. The molecular weight excluding hydrogens is 290 g/mol. The van der Waals surface area contributed by atoms with E-state index in [1.165, 1.54) is 29.7 Å². The van der Waals surface area contributed by atoms with E-state index in [1.807, 2.05) is 6.07 Å². The van der Waals surface area contributed by atoms with Gasteiger partial charge in [-0.3, -0.25) is 0 Å². The molecule has 0 aromatic heterocycles. The number of carboxylic acids is 1. The first-order chi connectivity index (χ1) is 11.2. The highest BCUT2D eigenvalue weighted by atomic mass is 16.5. The summed E-state index contributed by atoms with van der Waals surface area (Å²) in [5, 5.41) is 9.22. The maximum atomic E-state index is 11.2. The van der Waals surface area contributed by atoms with Crippen molar-refractivity contribution in [1.82, 2.24) is 0 Å². The second-order valence-electron chi connectivity index (χ2n) is 6.55.